The Kier molecular flexibility index (Phi) is 7.11. The van der Waals surface area contributed by atoms with Crippen molar-refractivity contribution >= 4 is 44.1 Å². The molecule has 2 rings (SSSR count). The number of amides is 2. The Balaban J connectivity index is 1.97. The van der Waals surface area contributed by atoms with Gasteiger partial charge in [0.15, 0.2) is 6.10 Å². The van der Waals surface area contributed by atoms with Gasteiger partial charge in [-0.1, -0.05) is 17.7 Å². The normalized spacial score (nSPS) is 13.3. The minimum atomic E-state index is -3.93. The van der Waals surface area contributed by atoms with E-state index in [4.69, 9.17) is 10.5 Å². The predicted octanol–water partition coefficient (Wildman–Crippen LogP) is 1.39. The molecule has 1 unspecified atom stereocenters. The zero-order chi connectivity index (χ0) is 21.8. The van der Waals surface area contributed by atoms with Crippen LogP contribution in [0.5, 0.6) is 0 Å². The van der Waals surface area contributed by atoms with Crippen LogP contribution in [0.3, 0.4) is 0 Å². The second kappa shape index (κ2) is 9.16. The molecule has 2 atom stereocenters. The van der Waals surface area contributed by atoms with E-state index in [0.29, 0.717) is 0 Å². The molecule has 0 fully saturated rings. The summed E-state index contributed by atoms with van der Waals surface area (Å²) >= 11 is 1.09. The second-order valence-electron chi connectivity index (χ2n) is 6.25. The van der Waals surface area contributed by atoms with E-state index in [1.54, 1.807) is 17.5 Å². The number of carbonyl (C=O) groups excluding carboxylic acids is 3. The van der Waals surface area contributed by atoms with Gasteiger partial charge in [0.25, 0.3) is 11.8 Å². The summed E-state index contributed by atoms with van der Waals surface area (Å²) in [5.41, 5.74) is 6.24. The SMILES string of the molecule is Cc1ccc(S(=O)(=O)N[C@@H](C)C(=O)OC(C)C(=O)Nc2sccc2C(N)=O)cc1. The molecule has 4 N–H and O–H groups in total. The zero-order valence-corrected chi connectivity index (χ0v) is 17.6. The minimum Gasteiger partial charge on any atom is -0.451 e. The highest BCUT2D eigenvalue weighted by molar-refractivity contribution is 7.89. The third-order valence-electron chi connectivity index (χ3n) is 3.85. The summed E-state index contributed by atoms with van der Waals surface area (Å²) in [4.78, 5) is 35.7. The van der Waals surface area contributed by atoms with Crippen LogP contribution in [0, 0.1) is 6.92 Å². The maximum atomic E-state index is 12.4. The standard InChI is InChI=1S/C18H21N3O6S2/c1-10-4-6-13(7-5-10)29(25,26)21-11(2)18(24)27-12(3)16(23)20-17-14(15(19)22)8-9-28-17/h4-9,11-12,21H,1-3H3,(H2,19,22)(H,20,23)/t11-,12?/m0/s1. The average Bonchev–Trinajstić information content (AvgIpc) is 3.09. The van der Waals surface area contributed by atoms with Gasteiger partial charge in [-0.05, 0) is 44.4 Å². The van der Waals surface area contributed by atoms with E-state index in [9.17, 15) is 22.8 Å². The third kappa shape index (κ3) is 5.86. The Morgan fingerprint density at radius 2 is 1.72 bits per heavy atom. The van der Waals surface area contributed by atoms with E-state index in [-0.39, 0.29) is 15.5 Å². The molecule has 0 aliphatic carbocycles. The number of rotatable bonds is 8. The number of anilines is 1. The first-order chi connectivity index (χ1) is 13.5. The van der Waals surface area contributed by atoms with Crippen molar-refractivity contribution in [2.24, 2.45) is 5.73 Å². The molecule has 2 aromatic rings. The first kappa shape index (κ1) is 22.5. The molecule has 11 heteroatoms. The number of benzene rings is 1. The number of primary amides is 1. The number of carbonyl (C=O) groups is 3. The zero-order valence-electron chi connectivity index (χ0n) is 16.0. The van der Waals surface area contributed by atoms with E-state index in [0.717, 1.165) is 16.9 Å². The number of hydrogen-bond acceptors (Lipinski definition) is 7. The fourth-order valence-corrected chi connectivity index (χ4v) is 4.20. The Morgan fingerprint density at radius 1 is 1.10 bits per heavy atom. The number of aryl methyl sites for hydroxylation is 1. The summed E-state index contributed by atoms with van der Waals surface area (Å²) in [6, 6.07) is 6.34. The molecular formula is C18H21N3O6S2. The number of nitrogens with two attached hydrogens (primary N) is 1. The van der Waals surface area contributed by atoms with Gasteiger partial charge in [-0.2, -0.15) is 4.72 Å². The first-order valence-electron chi connectivity index (χ1n) is 8.49. The summed E-state index contributed by atoms with van der Waals surface area (Å²) in [7, 11) is -3.93. The molecule has 0 aliphatic rings. The molecule has 2 amide bonds. The summed E-state index contributed by atoms with van der Waals surface area (Å²) < 4.78 is 31.9. The van der Waals surface area contributed by atoms with Crippen LogP contribution >= 0.6 is 11.3 Å². The van der Waals surface area contributed by atoms with Crippen molar-refractivity contribution in [2.75, 3.05) is 5.32 Å². The molecule has 1 heterocycles. The van der Waals surface area contributed by atoms with Gasteiger partial charge < -0.3 is 15.8 Å². The molecule has 29 heavy (non-hydrogen) atoms. The van der Waals surface area contributed by atoms with Gasteiger partial charge in [-0.15, -0.1) is 11.3 Å². The van der Waals surface area contributed by atoms with E-state index in [1.807, 2.05) is 6.92 Å². The summed E-state index contributed by atoms with van der Waals surface area (Å²) in [6.07, 6.45) is -1.23. The van der Waals surface area contributed by atoms with Gasteiger partial charge in [0.2, 0.25) is 10.0 Å². The molecule has 9 nitrogen and oxygen atoms in total. The van der Waals surface area contributed by atoms with Crippen molar-refractivity contribution in [2.45, 2.75) is 37.8 Å². The highest BCUT2D eigenvalue weighted by Gasteiger charge is 2.27. The van der Waals surface area contributed by atoms with E-state index >= 15 is 0 Å². The van der Waals surface area contributed by atoms with Gasteiger partial charge in [0.05, 0.1) is 10.5 Å². The summed E-state index contributed by atoms with van der Waals surface area (Å²) in [5.74, 6) is -2.31. The van der Waals surface area contributed by atoms with Crippen molar-refractivity contribution in [1.82, 2.24) is 4.72 Å². The number of esters is 1. The molecule has 1 aromatic carbocycles. The molecule has 0 spiro atoms. The molecular weight excluding hydrogens is 418 g/mol. The van der Waals surface area contributed by atoms with Crippen molar-refractivity contribution in [3.63, 3.8) is 0 Å². The van der Waals surface area contributed by atoms with Gasteiger partial charge in [-0.3, -0.25) is 14.4 Å². The Morgan fingerprint density at radius 3 is 2.31 bits per heavy atom. The summed E-state index contributed by atoms with van der Waals surface area (Å²) in [6.45, 7) is 4.45. The van der Waals surface area contributed by atoms with Crippen molar-refractivity contribution in [3.8, 4) is 0 Å². The van der Waals surface area contributed by atoms with Crippen molar-refractivity contribution in [3.05, 3.63) is 46.8 Å². The Bertz CT molecular complexity index is 1010. The molecule has 0 bridgehead atoms. The maximum absolute atomic E-state index is 12.4. The number of hydrogen-bond donors (Lipinski definition) is 3. The molecule has 0 aliphatic heterocycles. The highest BCUT2D eigenvalue weighted by Crippen LogP contribution is 2.23. The molecule has 0 radical (unpaired) electrons. The van der Waals surface area contributed by atoms with Crippen molar-refractivity contribution < 1.29 is 27.5 Å². The second-order valence-corrected chi connectivity index (χ2v) is 8.88. The van der Waals surface area contributed by atoms with Crippen LogP contribution in [-0.4, -0.2) is 38.3 Å². The molecule has 0 saturated heterocycles. The van der Waals surface area contributed by atoms with Gasteiger partial charge >= 0.3 is 5.97 Å². The minimum absolute atomic E-state index is 0.00483. The molecule has 0 saturated carbocycles. The van der Waals surface area contributed by atoms with Gasteiger partial charge in [0, 0.05) is 0 Å². The van der Waals surface area contributed by atoms with E-state index < -0.39 is 40.0 Å². The largest absolute Gasteiger partial charge is 0.451 e. The lowest BCUT2D eigenvalue weighted by molar-refractivity contribution is -0.154. The van der Waals surface area contributed by atoms with Crippen LogP contribution in [-0.2, 0) is 24.3 Å². The third-order valence-corrected chi connectivity index (χ3v) is 6.23. The smallest absolute Gasteiger partial charge is 0.324 e. The molecule has 1 aromatic heterocycles. The lowest BCUT2D eigenvalue weighted by Crippen LogP contribution is -2.42. The van der Waals surface area contributed by atoms with E-state index in [2.05, 4.69) is 10.0 Å². The number of sulfonamides is 1. The monoisotopic (exact) mass is 439 g/mol. The number of nitrogens with one attached hydrogen (secondary N) is 2. The lowest BCUT2D eigenvalue weighted by atomic mass is 10.2. The fraction of sp³-hybridized carbons (Fsp3) is 0.278. The van der Waals surface area contributed by atoms with Gasteiger partial charge in [0.1, 0.15) is 11.0 Å². The average molecular weight is 440 g/mol. The highest BCUT2D eigenvalue weighted by atomic mass is 32.2. The molecule has 156 valence electrons. The Hall–Kier alpha value is -2.76. The fourth-order valence-electron chi connectivity index (χ4n) is 2.21. The van der Waals surface area contributed by atoms with Crippen LogP contribution in [0.1, 0.15) is 29.8 Å². The Labute approximate surface area is 172 Å². The van der Waals surface area contributed by atoms with Crippen LogP contribution in [0.4, 0.5) is 5.00 Å². The van der Waals surface area contributed by atoms with Crippen LogP contribution in [0.15, 0.2) is 40.6 Å². The summed E-state index contributed by atoms with van der Waals surface area (Å²) in [5, 5.41) is 4.27. The van der Waals surface area contributed by atoms with Gasteiger partial charge in [-0.25, -0.2) is 8.42 Å². The number of ether oxygens (including phenoxy) is 1. The predicted molar refractivity (Wildman–Crippen MR) is 108 cm³/mol. The van der Waals surface area contributed by atoms with Crippen LogP contribution < -0.4 is 15.8 Å². The lowest BCUT2D eigenvalue weighted by Gasteiger charge is -2.17. The quantitative estimate of drug-likeness (QED) is 0.530. The maximum Gasteiger partial charge on any atom is 0.324 e. The number of thiophene rings is 1. The topological polar surface area (TPSA) is 145 Å². The van der Waals surface area contributed by atoms with Crippen molar-refractivity contribution in [1.29, 1.82) is 0 Å². The van der Waals surface area contributed by atoms with Crippen LogP contribution in [0.25, 0.3) is 0 Å². The van der Waals surface area contributed by atoms with Crippen LogP contribution in [0.2, 0.25) is 0 Å². The van der Waals surface area contributed by atoms with E-state index in [1.165, 1.54) is 32.0 Å². The first-order valence-corrected chi connectivity index (χ1v) is 10.8.